The Morgan fingerprint density at radius 2 is 2.03 bits per heavy atom. The number of nitrogens with one attached hydrogen (secondary N) is 3. The molecule has 0 radical (unpaired) electrons. The molecule has 156 valence electrons. The van der Waals surface area contributed by atoms with Crippen molar-refractivity contribution in [2.24, 2.45) is 4.99 Å². The van der Waals surface area contributed by atoms with E-state index < -0.39 is 0 Å². The van der Waals surface area contributed by atoms with Crippen LogP contribution in [0.2, 0.25) is 0 Å². The Morgan fingerprint density at radius 3 is 2.87 bits per heavy atom. The van der Waals surface area contributed by atoms with Gasteiger partial charge in [-0.05, 0) is 47.7 Å². The summed E-state index contributed by atoms with van der Waals surface area (Å²) < 4.78 is 13.3. The van der Waals surface area contributed by atoms with Crippen molar-refractivity contribution < 1.29 is 9.18 Å². The van der Waals surface area contributed by atoms with E-state index in [1.165, 1.54) is 23.3 Å². The molecule has 0 atom stereocenters. The third kappa shape index (κ3) is 4.45. The maximum absolute atomic E-state index is 13.3. The monoisotopic (exact) mass is 407 g/mol. The van der Waals surface area contributed by atoms with Crippen LogP contribution in [0.15, 0.2) is 53.7 Å². The number of aromatic nitrogens is 1. The summed E-state index contributed by atoms with van der Waals surface area (Å²) in [4.78, 5) is 21.8. The summed E-state index contributed by atoms with van der Waals surface area (Å²) in [7, 11) is 1.69. The molecule has 1 aliphatic rings. The Hall–Kier alpha value is -3.35. The largest absolute Gasteiger partial charge is 0.361 e. The molecule has 3 aromatic rings. The van der Waals surface area contributed by atoms with Crippen LogP contribution >= 0.6 is 0 Å². The van der Waals surface area contributed by atoms with Crippen molar-refractivity contribution in [1.29, 1.82) is 0 Å². The average Bonchev–Trinajstić information content (AvgIpc) is 3.17. The number of aromatic amines is 1. The topological polar surface area (TPSA) is 72.5 Å². The van der Waals surface area contributed by atoms with Gasteiger partial charge in [-0.15, -0.1) is 0 Å². The van der Waals surface area contributed by atoms with Gasteiger partial charge in [-0.25, -0.2) is 4.39 Å². The Bertz CT molecular complexity index is 1070. The van der Waals surface area contributed by atoms with Crippen LogP contribution in [-0.4, -0.2) is 48.4 Å². The zero-order chi connectivity index (χ0) is 20.9. The van der Waals surface area contributed by atoms with Gasteiger partial charge in [0, 0.05) is 43.8 Å². The van der Waals surface area contributed by atoms with Crippen LogP contribution in [0.5, 0.6) is 0 Å². The van der Waals surface area contributed by atoms with Crippen LogP contribution in [0, 0.1) is 5.82 Å². The second-order valence-corrected chi connectivity index (χ2v) is 7.44. The lowest BCUT2D eigenvalue weighted by Gasteiger charge is -2.29. The molecule has 0 bridgehead atoms. The summed E-state index contributed by atoms with van der Waals surface area (Å²) in [6.07, 6.45) is 3.55. The molecule has 0 spiro atoms. The zero-order valence-electron chi connectivity index (χ0n) is 17.0. The number of aliphatic imine (C=N–C) groups is 1. The molecule has 0 fully saturated rings. The normalized spacial score (nSPS) is 13.9. The van der Waals surface area contributed by atoms with Crippen molar-refractivity contribution in [3.8, 4) is 0 Å². The molecule has 1 aromatic heterocycles. The van der Waals surface area contributed by atoms with Gasteiger partial charge >= 0.3 is 0 Å². The minimum Gasteiger partial charge on any atom is -0.361 e. The molecule has 1 amide bonds. The number of fused-ring (bicyclic) bond motifs is 2. The minimum absolute atomic E-state index is 0.0612. The predicted molar refractivity (Wildman–Crippen MR) is 117 cm³/mol. The highest BCUT2D eigenvalue weighted by atomic mass is 19.1. The number of hydrogen-bond acceptors (Lipinski definition) is 2. The first kappa shape index (κ1) is 19.9. The number of hydrogen-bond donors (Lipinski definition) is 3. The number of amides is 1. The Labute approximate surface area is 175 Å². The fraction of sp³-hybridized carbons (Fsp3) is 0.304. The predicted octanol–water partition coefficient (Wildman–Crippen LogP) is 2.60. The third-order valence-corrected chi connectivity index (χ3v) is 5.53. The molecule has 7 heteroatoms. The van der Waals surface area contributed by atoms with Crippen molar-refractivity contribution in [2.75, 3.05) is 26.7 Å². The van der Waals surface area contributed by atoms with E-state index in [4.69, 9.17) is 0 Å². The van der Waals surface area contributed by atoms with Gasteiger partial charge in [-0.3, -0.25) is 9.79 Å². The minimum atomic E-state index is -0.250. The molecule has 2 aromatic carbocycles. The van der Waals surface area contributed by atoms with Crippen LogP contribution in [0.4, 0.5) is 4.39 Å². The number of carbonyl (C=O) groups is 1. The Morgan fingerprint density at radius 1 is 1.20 bits per heavy atom. The van der Waals surface area contributed by atoms with Crippen molar-refractivity contribution in [2.45, 2.75) is 19.4 Å². The highest BCUT2D eigenvalue weighted by molar-refractivity contribution is 5.87. The first-order valence-corrected chi connectivity index (χ1v) is 10.2. The number of nitrogens with zero attached hydrogens (tertiary/aromatic N) is 2. The lowest BCUT2D eigenvalue weighted by atomic mass is 10.00. The van der Waals surface area contributed by atoms with E-state index in [-0.39, 0.29) is 18.3 Å². The molecule has 2 heterocycles. The molecule has 0 saturated heterocycles. The molecule has 6 nitrogen and oxygen atoms in total. The van der Waals surface area contributed by atoms with E-state index in [1.807, 2.05) is 23.2 Å². The van der Waals surface area contributed by atoms with Crippen molar-refractivity contribution in [1.82, 2.24) is 20.5 Å². The molecule has 1 aliphatic heterocycles. The maximum Gasteiger partial charge on any atom is 0.242 e. The SMILES string of the molecule is CN=C(NCCc1c[nH]c2cc(F)ccc12)NCC(=O)N1CCc2ccccc2C1. The maximum atomic E-state index is 13.3. The number of guanidine groups is 1. The van der Waals surface area contributed by atoms with Gasteiger partial charge in [0.25, 0.3) is 0 Å². The highest BCUT2D eigenvalue weighted by Gasteiger charge is 2.20. The number of halogens is 1. The number of rotatable bonds is 5. The van der Waals surface area contributed by atoms with E-state index in [9.17, 15) is 9.18 Å². The first-order valence-electron chi connectivity index (χ1n) is 10.2. The molecule has 0 aliphatic carbocycles. The molecule has 4 rings (SSSR count). The fourth-order valence-electron chi connectivity index (χ4n) is 3.88. The second-order valence-electron chi connectivity index (χ2n) is 7.44. The molecular formula is C23H26FN5O. The lowest BCUT2D eigenvalue weighted by Crippen LogP contribution is -2.46. The number of carbonyl (C=O) groups excluding carboxylic acids is 1. The second kappa shape index (κ2) is 8.98. The van der Waals surface area contributed by atoms with E-state index >= 15 is 0 Å². The number of benzene rings is 2. The summed E-state index contributed by atoms with van der Waals surface area (Å²) in [5.41, 5.74) is 4.45. The van der Waals surface area contributed by atoms with Gasteiger partial charge in [0.15, 0.2) is 5.96 Å². The van der Waals surface area contributed by atoms with Gasteiger partial charge in [0.05, 0.1) is 6.54 Å². The molecule has 0 unspecified atom stereocenters. The highest BCUT2D eigenvalue weighted by Crippen LogP contribution is 2.20. The van der Waals surface area contributed by atoms with Crippen molar-refractivity contribution in [3.63, 3.8) is 0 Å². The number of H-pyrrole nitrogens is 1. The van der Waals surface area contributed by atoms with Gasteiger partial charge in [-0.2, -0.15) is 0 Å². The van der Waals surface area contributed by atoms with Crippen LogP contribution in [0.1, 0.15) is 16.7 Å². The lowest BCUT2D eigenvalue weighted by molar-refractivity contribution is -0.130. The van der Waals surface area contributed by atoms with E-state index in [0.717, 1.165) is 35.9 Å². The summed E-state index contributed by atoms with van der Waals surface area (Å²) in [5, 5.41) is 7.36. The standard InChI is InChI=1S/C23H26FN5O/c1-25-23(26-10-8-17-13-27-21-12-19(24)6-7-20(17)21)28-14-22(30)29-11-9-16-4-2-3-5-18(16)15-29/h2-7,12-13,27H,8-11,14-15H2,1H3,(H2,25,26,28). The van der Waals surface area contributed by atoms with Crippen LogP contribution in [-0.2, 0) is 24.2 Å². The summed E-state index contributed by atoms with van der Waals surface area (Å²) in [5.74, 6) is 0.401. The smallest absolute Gasteiger partial charge is 0.242 e. The fourth-order valence-corrected chi connectivity index (χ4v) is 3.88. The summed E-state index contributed by atoms with van der Waals surface area (Å²) in [6.45, 7) is 2.25. The van der Waals surface area contributed by atoms with Gasteiger partial charge < -0.3 is 20.5 Å². The van der Waals surface area contributed by atoms with Crippen molar-refractivity contribution in [3.05, 3.63) is 71.2 Å². The first-order chi connectivity index (χ1) is 14.6. The van der Waals surface area contributed by atoms with Crippen LogP contribution < -0.4 is 10.6 Å². The molecule has 0 saturated carbocycles. The Kier molecular flexibility index (Phi) is 5.97. The van der Waals surface area contributed by atoms with Gasteiger partial charge in [0.2, 0.25) is 5.91 Å². The molecular weight excluding hydrogens is 381 g/mol. The van der Waals surface area contributed by atoms with Crippen molar-refractivity contribution >= 4 is 22.8 Å². The Balaban J connectivity index is 1.25. The van der Waals surface area contributed by atoms with Crippen LogP contribution in [0.3, 0.4) is 0 Å². The zero-order valence-corrected chi connectivity index (χ0v) is 17.0. The summed E-state index contributed by atoms with van der Waals surface area (Å²) >= 11 is 0. The molecule has 30 heavy (non-hydrogen) atoms. The van der Waals surface area contributed by atoms with Gasteiger partial charge in [-0.1, -0.05) is 24.3 Å². The average molecular weight is 407 g/mol. The van der Waals surface area contributed by atoms with Gasteiger partial charge in [0.1, 0.15) is 5.82 Å². The quantitative estimate of drug-likeness (QED) is 0.450. The third-order valence-electron chi connectivity index (χ3n) is 5.53. The summed E-state index contributed by atoms with van der Waals surface area (Å²) in [6, 6.07) is 13.0. The molecule has 3 N–H and O–H groups in total. The van der Waals surface area contributed by atoms with E-state index in [2.05, 4.69) is 32.7 Å². The van der Waals surface area contributed by atoms with E-state index in [1.54, 1.807) is 13.1 Å². The van der Waals surface area contributed by atoms with E-state index in [0.29, 0.717) is 19.0 Å². The van der Waals surface area contributed by atoms with Crippen LogP contribution in [0.25, 0.3) is 10.9 Å².